The average Bonchev–Trinajstić information content (AvgIpc) is 2.64. The van der Waals surface area contributed by atoms with Crippen molar-refractivity contribution >= 4 is 21.6 Å². The first-order valence-corrected chi connectivity index (χ1v) is 9.57. The highest BCUT2D eigenvalue weighted by atomic mass is 32.2. The molecule has 1 saturated heterocycles. The maximum atomic E-state index is 13.3. The van der Waals surface area contributed by atoms with Crippen LogP contribution in [-0.2, 0) is 14.8 Å². The molecule has 0 aliphatic carbocycles. The molecule has 8 heteroatoms. The van der Waals surface area contributed by atoms with Gasteiger partial charge in [-0.2, -0.15) is 4.31 Å². The normalized spacial score (nSPS) is 15.6. The van der Waals surface area contributed by atoms with E-state index in [2.05, 4.69) is 5.32 Å². The number of hydrogen-bond acceptors (Lipinski definition) is 4. The number of amides is 1. The van der Waals surface area contributed by atoms with E-state index in [1.54, 1.807) is 13.0 Å². The summed E-state index contributed by atoms with van der Waals surface area (Å²) in [4.78, 5) is 12.4. The third-order valence-electron chi connectivity index (χ3n) is 4.15. The first kappa shape index (κ1) is 18.5. The average molecular weight is 378 g/mol. The summed E-state index contributed by atoms with van der Waals surface area (Å²) < 4.78 is 45.4. The lowest BCUT2D eigenvalue weighted by Gasteiger charge is -2.26. The lowest BCUT2D eigenvalue weighted by atomic mass is 10.1. The van der Waals surface area contributed by atoms with E-state index in [1.807, 2.05) is 0 Å². The minimum Gasteiger partial charge on any atom is -0.379 e. The van der Waals surface area contributed by atoms with Crippen LogP contribution >= 0.6 is 0 Å². The molecule has 0 unspecified atom stereocenters. The molecular weight excluding hydrogens is 359 g/mol. The molecule has 1 aliphatic heterocycles. The van der Waals surface area contributed by atoms with Gasteiger partial charge in [-0.3, -0.25) is 4.79 Å². The van der Waals surface area contributed by atoms with E-state index < -0.39 is 21.7 Å². The molecule has 26 heavy (non-hydrogen) atoms. The topological polar surface area (TPSA) is 75.7 Å². The number of rotatable bonds is 4. The van der Waals surface area contributed by atoms with E-state index in [0.717, 1.165) is 6.07 Å². The number of sulfonamides is 1. The second-order valence-corrected chi connectivity index (χ2v) is 7.90. The van der Waals surface area contributed by atoms with Crippen molar-refractivity contribution in [3.05, 3.63) is 59.4 Å². The van der Waals surface area contributed by atoms with Crippen LogP contribution in [0.4, 0.5) is 10.1 Å². The van der Waals surface area contributed by atoms with E-state index in [9.17, 15) is 17.6 Å². The van der Waals surface area contributed by atoms with Crippen molar-refractivity contribution in [3.8, 4) is 0 Å². The van der Waals surface area contributed by atoms with Crippen LogP contribution in [0.3, 0.4) is 0 Å². The Morgan fingerprint density at radius 1 is 1.15 bits per heavy atom. The fourth-order valence-electron chi connectivity index (χ4n) is 2.66. The van der Waals surface area contributed by atoms with E-state index in [4.69, 9.17) is 4.74 Å². The number of carbonyl (C=O) groups excluding carboxylic acids is 1. The van der Waals surface area contributed by atoms with Crippen LogP contribution in [0.2, 0.25) is 0 Å². The zero-order valence-corrected chi connectivity index (χ0v) is 15.1. The maximum Gasteiger partial charge on any atom is 0.255 e. The van der Waals surface area contributed by atoms with E-state index >= 15 is 0 Å². The molecule has 0 spiro atoms. The third kappa shape index (κ3) is 3.92. The molecule has 0 radical (unpaired) electrons. The predicted molar refractivity (Wildman–Crippen MR) is 95.1 cm³/mol. The Morgan fingerprint density at radius 3 is 2.58 bits per heavy atom. The Balaban J connectivity index is 1.87. The molecule has 2 aromatic rings. The number of carbonyl (C=O) groups is 1. The largest absolute Gasteiger partial charge is 0.379 e. The van der Waals surface area contributed by atoms with Gasteiger partial charge in [0, 0.05) is 24.3 Å². The second-order valence-electron chi connectivity index (χ2n) is 5.96. The van der Waals surface area contributed by atoms with Gasteiger partial charge in [0.05, 0.1) is 18.1 Å². The highest BCUT2D eigenvalue weighted by Gasteiger charge is 2.27. The number of benzene rings is 2. The molecular formula is C18H19FN2O4S. The van der Waals surface area contributed by atoms with Crippen LogP contribution in [0.15, 0.2) is 47.4 Å². The lowest BCUT2D eigenvalue weighted by molar-refractivity contribution is 0.0730. The van der Waals surface area contributed by atoms with Gasteiger partial charge in [0.25, 0.3) is 5.91 Å². The van der Waals surface area contributed by atoms with Crippen molar-refractivity contribution in [3.63, 3.8) is 0 Å². The Morgan fingerprint density at radius 2 is 1.88 bits per heavy atom. The summed E-state index contributed by atoms with van der Waals surface area (Å²) in [5.41, 5.74) is 1.23. The van der Waals surface area contributed by atoms with Gasteiger partial charge in [-0.1, -0.05) is 12.1 Å². The fraction of sp³-hybridized carbons (Fsp3) is 0.278. The van der Waals surface area contributed by atoms with Gasteiger partial charge in [0.1, 0.15) is 5.82 Å². The van der Waals surface area contributed by atoms with Gasteiger partial charge in [0.2, 0.25) is 10.0 Å². The number of nitrogens with one attached hydrogen (secondary N) is 1. The Bertz CT molecular complexity index is 925. The number of hydrogen-bond donors (Lipinski definition) is 1. The summed E-state index contributed by atoms with van der Waals surface area (Å²) in [7, 11) is -3.67. The summed E-state index contributed by atoms with van der Waals surface area (Å²) in [6, 6.07) is 9.87. The number of halogens is 1. The summed E-state index contributed by atoms with van der Waals surface area (Å²) in [6.45, 7) is 3.05. The van der Waals surface area contributed by atoms with Crippen LogP contribution in [0.5, 0.6) is 0 Å². The van der Waals surface area contributed by atoms with Crippen molar-refractivity contribution in [2.45, 2.75) is 11.8 Å². The lowest BCUT2D eigenvalue weighted by Crippen LogP contribution is -2.40. The van der Waals surface area contributed by atoms with Crippen LogP contribution in [0, 0.1) is 12.7 Å². The van der Waals surface area contributed by atoms with Gasteiger partial charge in [-0.25, -0.2) is 12.8 Å². The molecule has 0 saturated carbocycles. The van der Waals surface area contributed by atoms with Gasteiger partial charge in [-0.15, -0.1) is 0 Å². The number of morpholine rings is 1. The van der Waals surface area contributed by atoms with Gasteiger partial charge in [-0.05, 0) is 42.8 Å². The zero-order valence-electron chi connectivity index (χ0n) is 14.2. The van der Waals surface area contributed by atoms with Crippen LogP contribution in [0.1, 0.15) is 15.9 Å². The molecule has 1 fully saturated rings. The Hall–Kier alpha value is -2.29. The zero-order chi connectivity index (χ0) is 18.7. The summed E-state index contributed by atoms with van der Waals surface area (Å²) in [6.07, 6.45) is 0. The molecule has 0 aromatic heterocycles. The third-order valence-corrected chi connectivity index (χ3v) is 6.05. The number of aryl methyl sites for hydroxylation is 1. The van der Waals surface area contributed by atoms with Crippen molar-refractivity contribution in [1.82, 2.24) is 4.31 Å². The number of ether oxygens (including phenoxy) is 1. The van der Waals surface area contributed by atoms with Crippen molar-refractivity contribution in [2.75, 3.05) is 31.6 Å². The van der Waals surface area contributed by atoms with Crippen molar-refractivity contribution < 1.29 is 22.3 Å². The minimum absolute atomic E-state index is 0.0968. The molecule has 138 valence electrons. The number of nitrogens with zero attached hydrogens (tertiary/aromatic N) is 1. The number of anilines is 1. The predicted octanol–water partition coefficient (Wildman–Crippen LogP) is 2.41. The van der Waals surface area contributed by atoms with E-state index in [-0.39, 0.29) is 10.5 Å². The molecule has 1 heterocycles. The molecule has 3 rings (SSSR count). The maximum absolute atomic E-state index is 13.3. The molecule has 1 amide bonds. The van der Waals surface area contributed by atoms with E-state index in [0.29, 0.717) is 37.6 Å². The summed E-state index contributed by atoms with van der Waals surface area (Å²) >= 11 is 0. The molecule has 1 aliphatic rings. The second kappa shape index (κ2) is 7.53. The Kier molecular flexibility index (Phi) is 5.36. The smallest absolute Gasteiger partial charge is 0.255 e. The quantitative estimate of drug-likeness (QED) is 0.887. The Labute approximate surface area is 151 Å². The van der Waals surface area contributed by atoms with E-state index in [1.165, 1.54) is 34.6 Å². The van der Waals surface area contributed by atoms with Crippen molar-refractivity contribution in [2.24, 2.45) is 0 Å². The standard InChI is InChI=1S/C18H19FN2O4S/c1-13-5-6-16(26(23,24)21-7-9-25-10-8-21)12-17(13)20-18(22)14-3-2-4-15(19)11-14/h2-6,11-12H,7-10H2,1H3,(H,20,22). The first-order chi connectivity index (χ1) is 12.4. The van der Waals surface area contributed by atoms with Crippen molar-refractivity contribution in [1.29, 1.82) is 0 Å². The van der Waals surface area contributed by atoms with Crippen LogP contribution < -0.4 is 5.32 Å². The highest BCUT2D eigenvalue weighted by Crippen LogP contribution is 2.24. The summed E-state index contributed by atoms with van der Waals surface area (Å²) in [5, 5.41) is 2.66. The van der Waals surface area contributed by atoms with Gasteiger partial charge < -0.3 is 10.1 Å². The minimum atomic E-state index is -3.67. The first-order valence-electron chi connectivity index (χ1n) is 8.13. The molecule has 1 N–H and O–H groups in total. The highest BCUT2D eigenvalue weighted by molar-refractivity contribution is 7.89. The molecule has 6 nitrogen and oxygen atoms in total. The monoisotopic (exact) mass is 378 g/mol. The molecule has 0 atom stereocenters. The molecule has 2 aromatic carbocycles. The van der Waals surface area contributed by atoms with Gasteiger partial charge >= 0.3 is 0 Å². The summed E-state index contributed by atoms with van der Waals surface area (Å²) in [5.74, 6) is -1.02. The SMILES string of the molecule is Cc1ccc(S(=O)(=O)N2CCOCC2)cc1NC(=O)c1cccc(F)c1. The molecule has 0 bridgehead atoms. The van der Waals surface area contributed by atoms with Crippen LogP contribution in [-0.4, -0.2) is 44.9 Å². The fourth-order valence-corrected chi connectivity index (χ4v) is 4.09. The van der Waals surface area contributed by atoms with Crippen LogP contribution in [0.25, 0.3) is 0 Å². The van der Waals surface area contributed by atoms with Gasteiger partial charge in [0.15, 0.2) is 0 Å².